The number of rotatable bonds is 9. The van der Waals surface area contributed by atoms with Gasteiger partial charge < -0.3 is 9.80 Å². The minimum Gasteiger partial charge on any atom is -0.360 e. The van der Waals surface area contributed by atoms with Gasteiger partial charge in [-0.15, -0.1) is 0 Å². The molecule has 0 bridgehead atoms. The van der Waals surface area contributed by atoms with Gasteiger partial charge in [-0.2, -0.15) is 0 Å². The summed E-state index contributed by atoms with van der Waals surface area (Å²) in [5, 5.41) is 0.0812. The van der Waals surface area contributed by atoms with Crippen molar-refractivity contribution in [2.75, 3.05) is 31.6 Å². The summed E-state index contributed by atoms with van der Waals surface area (Å²) in [5.74, 6) is 1.01. The third-order valence-corrected chi connectivity index (χ3v) is 9.50. The molecule has 0 radical (unpaired) electrons. The molecule has 1 amide bonds. The van der Waals surface area contributed by atoms with Gasteiger partial charge >= 0.3 is 0 Å². The smallest absolute Gasteiger partial charge is 0.228 e. The maximum atomic E-state index is 13.8. The SMILES string of the molecule is CC(CC(=O)N(CC1=NCCN1C)c1ccc2c(c1)C(NS(=O)C1=CCC(F)C(Cl)=C1)CCC2)c1ccccc1. The number of alkyl halides is 1. The van der Waals surface area contributed by atoms with Crippen LogP contribution in [-0.4, -0.2) is 53.7 Å². The average Bonchev–Trinajstić information content (AvgIpc) is 3.37. The highest BCUT2D eigenvalue weighted by Crippen LogP contribution is 2.35. The van der Waals surface area contributed by atoms with Gasteiger partial charge in [0.2, 0.25) is 5.91 Å². The molecule has 4 atom stereocenters. The molecule has 1 aliphatic heterocycles. The zero-order chi connectivity index (χ0) is 28.2. The molecule has 0 fully saturated rings. The largest absolute Gasteiger partial charge is 0.360 e. The van der Waals surface area contributed by atoms with Crippen molar-refractivity contribution >= 4 is 40.0 Å². The number of likely N-dealkylation sites (N-methyl/N-ethyl adjacent to an activating group) is 1. The Labute approximate surface area is 243 Å². The van der Waals surface area contributed by atoms with E-state index in [0.717, 1.165) is 55.0 Å². The van der Waals surface area contributed by atoms with E-state index < -0.39 is 17.2 Å². The first kappa shape index (κ1) is 28.7. The lowest BCUT2D eigenvalue weighted by atomic mass is 9.87. The van der Waals surface area contributed by atoms with E-state index in [4.69, 9.17) is 11.6 Å². The van der Waals surface area contributed by atoms with Gasteiger partial charge in [0, 0.05) is 38.2 Å². The number of nitrogens with one attached hydrogen (secondary N) is 1. The summed E-state index contributed by atoms with van der Waals surface area (Å²) in [6.07, 6.45) is 5.07. The van der Waals surface area contributed by atoms with Crippen molar-refractivity contribution in [2.45, 2.75) is 57.2 Å². The predicted molar refractivity (Wildman–Crippen MR) is 162 cm³/mol. The summed E-state index contributed by atoms with van der Waals surface area (Å²) >= 11 is 6.00. The van der Waals surface area contributed by atoms with Crippen LogP contribution in [0, 0.1) is 0 Å². The number of carbonyl (C=O) groups is 1. The Morgan fingerprint density at radius 3 is 2.80 bits per heavy atom. The van der Waals surface area contributed by atoms with E-state index in [1.807, 2.05) is 36.2 Å². The summed E-state index contributed by atoms with van der Waals surface area (Å²) in [4.78, 5) is 22.9. The summed E-state index contributed by atoms with van der Waals surface area (Å²) in [6.45, 7) is 4.06. The first-order valence-corrected chi connectivity index (χ1v) is 15.4. The molecular weight excluding hydrogens is 547 g/mol. The molecule has 3 aliphatic rings. The van der Waals surface area contributed by atoms with Crippen molar-refractivity contribution in [3.63, 3.8) is 0 Å². The van der Waals surface area contributed by atoms with Gasteiger partial charge in [0.25, 0.3) is 0 Å². The van der Waals surface area contributed by atoms with E-state index in [-0.39, 0.29) is 29.3 Å². The Balaban J connectivity index is 1.40. The first-order valence-electron chi connectivity index (χ1n) is 13.9. The number of amides is 1. The number of halogens is 2. The van der Waals surface area contributed by atoms with Crippen LogP contribution in [0.15, 0.2) is 75.6 Å². The van der Waals surface area contributed by atoms with Gasteiger partial charge in [-0.25, -0.2) is 13.3 Å². The molecule has 2 aromatic rings. The van der Waals surface area contributed by atoms with E-state index >= 15 is 0 Å². The Kier molecular flexibility index (Phi) is 9.18. The maximum Gasteiger partial charge on any atom is 0.228 e. The molecular formula is C31H36ClFN4O2S. The lowest BCUT2D eigenvalue weighted by Crippen LogP contribution is -2.40. The highest BCUT2D eigenvalue weighted by molar-refractivity contribution is 7.87. The van der Waals surface area contributed by atoms with Crippen LogP contribution in [0.4, 0.5) is 10.1 Å². The number of allylic oxidation sites excluding steroid dienone is 3. The van der Waals surface area contributed by atoms with Crippen molar-refractivity contribution in [1.82, 2.24) is 9.62 Å². The lowest BCUT2D eigenvalue weighted by Gasteiger charge is -2.31. The molecule has 0 aromatic heterocycles. The summed E-state index contributed by atoms with van der Waals surface area (Å²) in [5.41, 5.74) is 4.17. The van der Waals surface area contributed by atoms with Crippen LogP contribution in [0.2, 0.25) is 0 Å². The van der Waals surface area contributed by atoms with Crippen LogP contribution >= 0.6 is 11.6 Å². The molecule has 212 valence electrons. The fraction of sp³-hybridized carbons (Fsp3) is 0.419. The van der Waals surface area contributed by atoms with Crippen LogP contribution in [-0.2, 0) is 22.2 Å². The molecule has 2 aromatic carbocycles. The molecule has 6 nitrogen and oxygen atoms in total. The number of anilines is 1. The number of aliphatic imine (C=N–C) groups is 1. The molecule has 0 spiro atoms. The minimum absolute atomic E-state index is 0.0381. The molecule has 0 saturated carbocycles. The maximum absolute atomic E-state index is 13.8. The molecule has 2 aliphatic carbocycles. The number of carbonyl (C=O) groups excluding carboxylic acids is 1. The van der Waals surface area contributed by atoms with Crippen LogP contribution < -0.4 is 9.62 Å². The number of hydrogen-bond acceptors (Lipinski definition) is 4. The zero-order valence-electron chi connectivity index (χ0n) is 23.0. The van der Waals surface area contributed by atoms with E-state index in [0.29, 0.717) is 17.9 Å². The molecule has 40 heavy (non-hydrogen) atoms. The fourth-order valence-electron chi connectivity index (χ4n) is 5.51. The van der Waals surface area contributed by atoms with Crippen molar-refractivity contribution in [3.05, 3.63) is 87.3 Å². The van der Waals surface area contributed by atoms with Crippen molar-refractivity contribution < 1.29 is 13.4 Å². The highest BCUT2D eigenvalue weighted by atomic mass is 35.5. The average molecular weight is 583 g/mol. The van der Waals surface area contributed by atoms with Gasteiger partial charge in [-0.1, -0.05) is 61.0 Å². The van der Waals surface area contributed by atoms with E-state index in [1.165, 1.54) is 11.6 Å². The van der Waals surface area contributed by atoms with Gasteiger partial charge in [0.05, 0.1) is 23.0 Å². The number of aryl methyl sites for hydroxylation is 1. The number of fused-ring (bicyclic) bond motifs is 1. The normalized spacial score (nSPS) is 22.1. The lowest BCUT2D eigenvalue weighted by molar-refractivity contribution is -0.118. The van der Waals surface area contributed by atoms with Crippen molar-refractivity contribution in [3.8, 4) is 0 Å². The van der Waals surface area contributed by atoms with E-state index in [9.17, 15) is 13.4 Å². The third-order valence-electron chi connectivity index (χ3n) is 7.94. The minimum atomic E-state index is -1.53. The Hall–Kier alpha value is -2.81. The van der Waals surface area contributed by atoms with E-state index in [1.54, 1.807) is 6.08 Å². The Morgan fingerprint density at radius 2 is 2.08 bits per heavy atom. The van der Waals surface area contributed by atoms with Crippen LogP contribution in [0.1, 0.15) is 61.3 Å². The quantitative estimate of drug-likeness (QED) is 0.398. The molecule has 1 N–H and O–H groups in total. The third kappa shape index (κ3) is 6.56. The summed E-state index contributed by atoms with van der Waals surface area (Å²) in [6, 6.07) is 16.1. The Morgan fingerprint density at radius 1 is 1.27 bits per heavy atom. The van der Waals surface area contributed by atoms with Gasteiger partial charge in [-0.05, 0) is 60.1 Å². The standard InChI is InChI=1S/C31H36ClFN4O2S/c1-21(22-7-4-3-5-8-22)17-31(38)37(20-30-34-15-16-36(30)2)24-12-11-23-9-6-10-29(26(23)18-24)35-40(39)25-13-14-28(33)27(32)19-25/h3-5,7-8,11-13,18-19,21,28-29,35H,6,9-10,14-17,20H2,1-2H3. The molecule has 1 heterocycles. The van der Waals surface area contributed by atoms with Crippen LogP contribution in [0.3, 0.4) is 0 Å². The monoisotopic (exact) mass is 582 g/mol. The summed E-state index contributed by atoms with van der Waals surface area (Å²) in [7, 11) is 0.476. The zero-order valence-corrected chi connectivity index (χ0v) is 24.6. The van der Waals surface area contributed by atoms with E-state index in [2.05, 4.69) is 45.8 Å². The van der Waals surface area contributed by atoms with Gasteiger partial charge in [0.1, 0.15) is 23.0 Å². The number of benzene rings is 2. The molecule has 4 unspecified atom stereocenters. The van der Waals surface area contributed by atoms with Crippen molar-refractivity contribution in [2.24, 2.45) is 4.99 Å². The number of nitrogens with zero attached hydrogens (tertiary/aromatic N) is 3. The molecule has 9 heteroatoms. The van der Waals surface area contributed by atoms with Gasteiger partial charge in [0.15, 0.2) is 0 Å². The van der Waals surface area contributed by atoms with Crippen LogP contribution in [0.25, 0.3) is 0 Å². The van der Waals surface area contributed by atoms with Crippen molar-refractivity contribution in [1.29, 1.82) is 0 Å². The Bertz CT molecular complexity index is 1360. The second-order valence-corrected chi connectivity index (χ2v) is 12.4. The molecule has 0 saturated heterocycles. The topological polar surface area (TPSA) is 65.0 Å². The van der Waals surface area contributed by atoms with Gasteiger partial charge in [-0.3, -0.25) is 9.79 Å². The second kappa shape index (κ2) is 12.8. The fourth-order valence-corrected chi connectivity index (χ4v) is 6.90. The second-order valence-electron chi connectivity index (χ2n) is 10.8. The number of amidine groups is 1. The first-order chi connectivity index (χ1) is 19.3. The van der Waals surface area contributed by atoms with Crippen LogP contribution in [0.5, 0.6) is 0 Å². The highest BCUT2D eigenvalue weighted by Gasteiger charge is 2.28. The summed E-state index contributed by atoms with van der Waals surface area (Å²) < 4.78 is 30.2. The predicted octanol–water partition coefficient (Wildman–Crippen LogP) is 5.94. The number of hydrogen-bond donors (Lipinski definition) is 1. The molecule has 5 rings (SSSR count).